The molecule has 0 unspecified atom stereocenters. The highest BCUT2D eigenvalue weighted by molar-refractivity contribution is 5.80. The first-order valence-corrected chi connectivity index (χ1v) is 7.19. The van der Waals surface area contributed by atoms with Crippen LogP contribution in [0.15, 0.2) is 39.6 Å². The highest BCUT2D eigenvalue weighted by Gasteiger charge is 2.22. The van der Waals surface area contributed by atoms with Gasteiger partial charge in [-0.05, 0) is 24.3 Å². The fourth-order valence-corrected chi connectivity index (χ4v) is 2.50. The standard InChI is InChI=1S/C15H9N5O6/c21-11-5-7(4-10(12(11)22)20(24)25)14-18-13(19-26-14)6-1-2-8-9(3-6)17-15(23)16-8/h1-5,21-22H,(H2,16,17,23). The van der Waals surface area contributed by atoms with Gasteiger partial charge >= 0.3 is 11.4 Å². The minimum absolute atomic E-state index is 0.0712. The molecule has 0 spiro atoms. The molecule has 4 rings (SSSR count). The Morgan fingerprint density at radius 3 is 2.62 bits per heavy atom. The third kappa shape index (κ3) is 2.43. The van der Waals surface area contributed by atoms with E-state index in [1.54, 1.807) is 18.2 Å². The number of phenols is 2. The van der Waals surface area contributed by atoms with Crippen molar-refractivity contribution in [2.45, 2.75) is 0 Å². The van der Waals surface area contributed by atoms with Crippen LogP contribution in [0.25, 0.3) is 33.9 Å². The lowest BCUT2D eigenvalue weighted by atomic mass is 10.1. The average molecular weight is 355 g/mol. The topological polar surface area (TPSA) is 171 Å². The number of imidazole rings is 1. The number of aromatic nitrogens is 4. The van der Waals surface area contributed by atoms with Gasteiger partial charge < -0.3 is 24.7 Å². The lowest BCUT2D eigenvalue weighted by Gasteiger charge is -2.01. The minimum atomic E-state index is -0.847. The van der Waals surface area contributed by atoms with Gasteiger partial charge in [-0.25, -0.2) is 4.79 Å². The van der Waals surface area contributed by atoms with Gasteiger partial charge in [0, 0.05) is 11.6 Å². The molecule has 0 aliphatic rings. The van der Waals surface area contributed by atoms with Gasteiger partial charge in [0.1, 0.15) is 0 Å². The molecule has 0 radical (unpaired) electrons. The van der Waals surface area contributed by atoms with Crippen molar-refractivity contribution in [3.05, 3.63) is 50.9 Å². The van der Waals surface area contributed by atoms with Gasteiger partial charge in [-0.1, -0.05) is 5.16 Å². The summed E-state index contributed by atoms with van der Waals surface area (Å²) >= 11 is 0. The van der Waals surface area contributed by atoms with Crippen LogP contribution in [-0.4, -0.2) is 35.2 Å². The Morgan fingerprint density at radius 2 is 1.85 bits per heavy atom. The third-order valence-electron chi connectivity index (χ3n) is 3.71. The molecule has 2 aromatic heterocycles. The van der Waals surface area contributed by atoms with Crippen LogP contribution >= 0.6 is 0 Å². The maximum atomic E-state index is 11.3. The Morgan fingerprint density at radius 1 is 1.08 bits per heavy atom. The Kier molecular flexibility index (Phi) is 3.22. The van der Waals surface area contributed by atoms with E-state index in [1.807, 2.05) is 0 Å². The number of rotatable bonds is 3. The smallest absolute Gasteiger partial charge is 0.323 e. The first kappa shape index (κ1) is 15.4. The zero-order chi connectivity index (χ0) is 18.4. The summed E-state index contributed by atoms with van der Waals surface area (Å²) in [7, 11) is 0. The molecule has 26 heavy (non-hydrogen) atoms. The molecule has 4 aromatic rings. The molecule has 0 saturated heterocycles. The van der Waals surface area contributed by atoms with Crippen molar-refractivity contribution in [2.75, 3.05) is 0 Å². The lowest BCUT2D eigenvalue weighted by molar-refractivity contribution is -0.385. The number of phenolic OH excluding ortho intramolecular Hbond substituents is 2. The Labute approximate surface area is 142 Å². The van der Waals surface area contributed by atoms with Crippen molar-refractivity contribution in [1.82, 2.24) is 20.1 Å². The molecule has 2 aromatic carbocycles. The van der Waals surface area contributed by atoms with Crippen LogP contribution in [0.1, 0.15) is 0 Å². The number of hydrogen-bond acceptors (Lipinski definition) is 8. The van der Waals surface area contributed by atoms with Crippen molar-refractivity contribution in [3.8, 4) is 34.3 Å². The summed E-state index contributed by atoms with van der Waals surface area (Å²) in [5, 5.41) is 33.9. The first-order chi connectivity index (χ1) is 12.4. The number of aromatic hydroxyl groups is 2. The molecule has 4 N–H and O–H groups in total. The van der Waals surface area contributed by atoms with Gasteiger partial charge in [0.15, 0.2) is 5.75 Å². The van der Waals surface area contributed by atoms with Crippen LogP contribution in [0.4, 0.5) is 5.69 Å². The fraction of sp³-hybridized carbons (Fsp3) is 0. The quantitative estimate of drug-likeness (QED) is 0.245. The molecule has 11 heteroatoms. The number of hydrogen-bond donors (Lipinski definition) is 4. The maximum Gasteiger partial charge on any atom is 0.323 e. The summed E-state index contributed by atoms with van der Waals surface area (Å²) in [5.41, 5.74) is 0.740. The van der Waals surface area contributed by atoms with Crippen LogP contribution in [0.5, 0.6) is 11.5 Å². The average Bonchev–Trinajstić information content (AvgIpc) is 3.21. The SMILES string of the molecule is O=c1[nH]c2ccc(-c3noc(-c4cc(O)c(O)c([N+](=O)[O-])c4)n3)cc2[nH]1. The second-order valence-electron chi connectivity index (χ2n) is 5.38. The fourth-order valence-electron chi connectivity index (χ4n) is 2.50. The van der Waals surface area contributed by atoms with E-state index >= 15 is 0 Å². The van der Waals surface area contributed by atoms with Crippen molar-refractivity contribution < 1.29 is 19.7 Å². The van der Waals surface area contributed by atoms with Crippen molar-refractivity contribution in [1.29, 1.82) is 0 Å². The second kappa shape index (κ2) is 5.44. The number of nitro groups is 1. The molecular weight excluding hydrogens is 346 g/mol. The molecule has 130 valence electrons. The number of aromatic amines is 2. The van der Waals surface area contributed by atoms with Crippen molar-refractivity contribution >= 4 is 16.7 Å². The van der Waals surface area contributed by atoms with E-state index in [9.17, 15) is 25.1 Å². The maximum absolute atomic E-state index is 11.3. The summed E-state index contributed by atoms with van der Waals surface area (Å²) < 4.78 is 5.10. The van der Waals surface area contributed by atoms with Gasteiger partial charge in [0.05, 0.1) is 21.5 Å². The summed E-state index contributed by atoms with van der Waals surface area (Å²) in [5.74, 6) is -1.43. The zero-order valence-corrected chi connectivity index (χ0v) is 12.8. The summed E-state index contributed by atoms with van der Waals surface area (Å²) in [4.78, 5) is 30.8. The molecule has 2 heterocycles. The van der Waals surface area contributed by atoms with Gasteiger partial charge in [0.25, 0.3) is 5.89 Å². The van der Waals surface area contributed by atoms with Crippen LogP contribution in [0.2, 0.25) is 0 Å². The van der Waals surface area contributed by atoms with Crippen LogP contribution < -0.4 is 5.69 Å². The molecule has 11 nitrogen and oxygen atoms in total. The van der Waals surface area contributed by atoms with Crippen molar-refractivity contribution in [3.63, 3.8) is 0 Å². The summed E-state index contributed by atoms with van der Waals surface area (Å²) in [6.45, 7) is 0. The van der Waals surface area contributed by atoms with E-state index in [2.05, 4.69) is 20.1 Å². The molecule has 0 fully saturated rings. The van der Waals surface area contributed by atoms with Crippen molar-refractivity contribution in [2.24, 2.45) is 0 Å². The van der Waals surface area contributed by atoms with E-state index in [4.69, 9.17) is 4.52 Å². The van der Waals surface area contributed by atoms with E-state index in [1.165, 1.54) is 0 Å². The highest BCUT2D eigenvalue weighted by Crippen LogP contribution is 2.39. The first-order valence-electron chi connectivity index (χ1n) is 7.19. The summed E-state index contributed by atoms with van der Waals surface area (Å²) in [6.07, 6.45) is 0. The number of H-pyrrole nitrogens is 2. The zero-order valence-electron chi connectivity index (χ0n) is 12.8. The molecule has 0 atom stereocenters. The van der Waals surface area contributed by atoms with Gasteiger partial charge in [-0.3, -0.25) is 10.1 Å². The van der Waals surface area contributed by atoms with E-state index in [0.717, 1.165) is 12.1 Å². The number of nitrogens with one attached hydrogen (secondary N) is 2. The third-order valence-corrected chi connectivity index (χ3v) is 3.71. The molecule has 0 amide bonds. The minimum Gasteiger partial charge on any atom is -0.504 e. The van der Waals surface area contributed by atoms with Gasteiger partial charge in [-0.2, -0.15) is 4.98 Å². The Bertz CT molecular complexity index is 1220. The Hall–Kier alpha value is -4.15. The molecular formula is C15H9N5O6. The highest BCUT2D eigenvalue weighted by atomic mass is 16.6. The predicted molar refractivity (Wildman–Crippen MR) is 87.6 cm³/mol. The normalized spacial score (nSPS) is 11.1. The lowest BCUT2D eigenvalue weighted by Crippen LogP contribution is -1.99. The van der Waals surface area contributed by atoms with Crippen LogP contribution in [0.3, 0.4) is 0 Å². The Balaban J connectivity index is 1.78. The monoisotopic (exact) mass is 355 g/mol. The number of benzene rings is 2. The van der Waals surface area contributed by atoms with Crippen LogP contribution in [-0.2, 0) is 0 Å². The summed E-state index contributed by atoms with van der Waals surface area (Å²) in [6, 6.07) is 7.05. The number of fused-ring (bicyclic) bond motifs is 1. The van der Waals surface area contributed by atoms with E-state index in [-0.39, 0.29) is 23.0 Å². The van der Waals surface area contributed by atoms with Crippen LogP contribution in [0, 0.1) is 10.1 Å². The van der Waals surface area contributed by atoms with Gasteiger partial charge in [0.2, 0.25) is 11.6 Å². The molecule has 0 bridgehead atoms. The molecule has 0 aliphatic carbocycles. The second-order valence-corrected chi connectivity index (χ2v) is 5.38. The predicted octanol–water partition coefficient (Wildman–Crippen LogP) is 1.89. The number of nitrogens with zero attached hydrogens (tertiary/aromatic N) is 3. The largest absolute Gasteiger partial charge is 0.504 e. The molecule has 0 aliphatic heterocycles. The number of nitro benzene ring substituents is 1. The molecule has 0 saturated carbocycles. The van der Waals surface area contributed by atoms with E-state index < -0.39 is 22.1 Å². The van der Waals surface area contributed by atoms with Gasteiger partial charge in [-0.15, -0.1) is 0 Å². The van der Waals surface area contributed by atoms with E-state index in [0.29, 0.717) is 16.6 Å².